The van der Waals surface area contributed by atoms with Gasteiger partial charge in [-0.15, -0.1) is 0 Å². The first-order valence-corrected chi connectivity index (χ1v) is 6.96. The van der Waals surface area contributed by atoms with Crippen molar-refractivity contribution in [1.29, 1.82) is 0 Å². The van der Waals surface area contributed by atoms with Crippen LogP contribution in [-0.2, 0) is 10.3 Å². The van der Waals surface area contributed by atoms with Crippen LogP contribution in [0.1, 0.15) is 0 Å². The molecular formula is C11H11N3O6S. The summed E-state index contributed by atoms with van der Waals surface area (Å²) in [5.74, 6) is -0.657. The minimum absolute atomic E-state index is 0.287. The number of phenolic OH excluding ortho intramolecular Hbond substituents is 1. The molecule has 0 saturated carbocycles. The van der Waals surface area contributed by atoms with Gasteiger partial charge in [-0.2, -0.15) is 8.42 Å². The first-order valence-electron chi connectivity index (χ1n) is 5.59. The molecular weight excluding hydrogens is 302 g/mol. The van der Waals surface area contributed by atoms with Crippen LogP contribution in [0.4, 0.5) is 5.69 Å². The summed E-state index contributed by atoms with van der Waals surface area (Å²) in [5.41, 5.74) is -2.01. The van der Waals surface area contributed by atoms with Crippen molar-refractivity contribution in [2.45, 2.75) is 0 Å². The van der Waals surface area contributed by atoms with Gasteiger partial charge >= 0.3 is 16.0 Å². The molecule has 1 heterocycles. The average Bonchev–Trinajstić information content (AvgIpc) is 2.40. The van der Waals surface area contributed by atoms with Crippen LogP contribution in [0.5, 0.6) is 11.5 Å². The van der Waals surface area contributed by atoms with Crippen LogP contribution in [-0.4, -0.2) is 30.5 Å². The fraction of sp³-hybridized carbons (Fsp3) is 0.0909. The maximum absolute atomic E-state index is 12.0. The number of benzene rings is 1. The minimum Gasteiger partial charge on any atom is -0.504 e. The molecule has 0 spiro atoms. The Morgan fingerprint density at radius 2 is 1.90 bits per heavy atom. The van der Waals surface area contributed by atoms with Crippen molar-refractivity contribution >= 4 is 16.0 Å². The zero-order valence-electron chi connectivity index (χ0n) is 10.7. The molecule has 112 valence electrons. The van der Waals surface area contributed by atoms with Crippen molar-refractivity contribution in [2.75, 3.05) is 11.4 Å². The van der Waals surface area contributed by atoms with Crippen molar-refractivity contribution in [1.82, 2.24) is 9.97 Å². The summed E-state index contributed by atoms with van der Waals surface area (Å²) in [6.45, 7) is 0. The Bertz CT molecular complexity index is 870. The molecule has 1 aromatic heterocycles. The van der Waals surface area contributed by atoms with Gasteiger partial charge in [0.05, 0.1) is 0 Å². The Hall–Kier alpha value is -2.75. The monoisotopic (exact) mass is 313 g/mol. The van der Waals surface area contributed by atoms with Gasteiger partial charge < -0.3 is 14.3 Å². The van der Waals surface area contributed by atoms with Gasteiger partial charge in [-0.1, -0.05) is 12.1 Å². The second kappa shape index (κ2) is 5.32. The van der Waals surface area contributed by atoms with Gasteiger partial charge in [0, 0.05) is 13.2 Å². The highest BCUT2D eigenvalue weighted by molar-refractivity contribution is 7.88. The highest BCUT2D eigenvalue weighted by Gasteiger charge is 2.24. The lowest BCUT2D eigenvalue weighted by molar-refractivity contribution is 0.427. The molecule has 3 N–H and O–H groups in total. The first-order chi connectivity index (χ1) is 9.81. The fourth-order valence-electron chi connectivity index (χ4n) is 1.45. The molecule has 0 bridgehead atoms. The van der Waals surface area contributed by atoms with E-state index in [1.807, 2.05) is 4.98 Å². The summed E-state index contributed by atoms with van der Waals surface area (Å²) in [5, 5.41) is 9.49. The van der Waals surface area contributed by atoms with Gasteiger partial charge in [-0.05, 0) is 12.1 Å². The van der Waals surface area contributed by atoms with E-state index in [0.29, 0.717) is 4.31 Å². The standard InChI is InChI=1S/C11H11N3O6S/c1-14(7-6-12-11(17)13-10(7)16)21(18,19)20-9-5-3-2-4-8(9)15/h2-6,15H,1H3,(H2,12,13,16,17). The SMILES string of the molecule is CN(c1c[nH]c(=O)[nH]c1=O)S(=O)(=O)Oc1ccccc1O. The van der Waals surface area contributed by atoms with E-state index in [2.05, 4.69) is 4.98 Å². The summed E-state index contributed by atoms with van der Waals surface area (Å²) in [4.78, 5) is 26.5. The Kier molecular flexibility index (Phi) is 3.72. The number of H-pyrrole nitrogens is 2. The third-order valence-corrected chi connectivity index (χ3v) is 3.79. The number of hydrogen-bond acceptors (Lipinski definition) is 6. The molecule has 0 fully saturated rings. The lowest BCUT2D eigenvalue weighted by Crippen LogP contribution is -2.36. The molecule has 0 aliphatic rings. The molecule has 9 nitrogen and oxygen atoms in total. The molecule has 1 aromatic carbocycles. The Labute approximate surface area is 118 Å². The number of para-hydroxylation sites is 2. The number of nitrogens with one attached hydrogen (secondary N) is 2. The van der Waals surface area contributed by atoms with E-state index in [0.717, 1.165) is 13.2 Å². The van der Waals surface area contributed by atoms with Crippen LogP contribution in [0.25, 0.3) is 0 Å². The molecule has 0 amide bonds. The third kappa shape index (κ3) is 3.05. The zero-order valence-corrected chi connectivity index (χ0v) is 11.5. The normalized spacial score (nSPS) is 11.1. The Balaban J connectivity index is 2.37. The second-order valence-electron chi connectivity index (χ2n) is 3.93. The molecule has 2 aromatic rings. The quantitative estimate of drug-likeness (QED) is 0.699. The van der Waals surface area contributed by atoms with E-state index in [1.54, 1.807) is 0 Å². The van der Waals surface area contributed by atoms with Crippen molar-refractivity contribution < 1.29 is 17.7 Å². The molecule has 0 aliphatic carbocycles. The van der Waals surface area contributed by atoms with Crippen molar-refractivity contribution in [2.24, 2.45) is 0 Å². The zero-order chi connectivity index (χ0) is 15.6. The van der Waals surface area contributed by atoms with Crippen molar-refractivity contribution in [3.63, 3.8) is 0 Å². The molecule has 0 unspecified atom stereocenters. The van der Waals surface area contributed by atoms with Crippen LogP contribution in [0.2, 0.25) is 0 Å². The number of nitrogens with zero attached hydrogens (tertiary/aromatic N) is 1. The maximum atomic E-state index is 12.0. The second-order valence-corrected chi connectivity index (χ2v) is 5.50. The highest BCUT2D eigenvalue weighted by Crippen LogP contribution is 2.26. The topological polar surface area (TPSA) is 133 Å². The predicted octanol–water partition coefficient (Wildman–Crippen LogP) is -0.471. The lowest BCUT2D eigenvalue weighted by Gasteiger charge is -2.17. The van der Waals surface area contributed by atoms with Crippen LogP contribution >= 0.6 is 0 Å². The van der Waals surface area contributed by atoms with Crippen LogP contribution in [0.15, 0.2) is 40.1 Å². The van der Waals surface area contributed by atoms with Gasteiger partial charge in [0.2, 0.25) is 0 Å². The van der Waals surface area contributed by atoms with Crippen LogP contribution in [0, 0.1) is 0 Å². The van der Waals surface area contributed by atoms with Gasteiger partial charge in [0.25, 0.3) is 5.56 Å². The number of aromatic amines is 2. The van der Waals surface area contributed by atoms with E-state index in [-0.39, 0.29) is 17.2 Å². The number of aromatic hydroxyl groups is 1. The number of rotatable bonds is 4. The minimum atomic E-state index is -4.39. The lowest BCUT2D eigenvalue weighted by atomic mass is 10.3. The molecule has 0 atom stereocenters. The van der Waals surface area contributed by atoms with E-state index in [9.17, 15) is 23.1 Å². The van der Waals surface area contributed by atoms with E-state index in [4.69, 9.17) is 4.18 Å². The molecule has 21 heavy (non-hydrogen) atoms. The molecule has 10 heteroatoms. The van der Waals surface area contributed by atoms with E-state index >= 15 is 0 Å². The Morgan fingerprint density at radius 3 is 2.52 bits per heavy atom. The molecule has 2 rings (SSSR count). The van der Waals surface area contributed by atoms with E-state index < -0.39 is 21.6 Å². The summed E-state index contributed by atoms with van der Waals surface area (Å²) in [6, 6.07) is 5.46. The van der Waals surface area contributed by atoms with Crippen molar-refractivity contribution in [3.8, 4) is 11.5 Å². The number of hydrogen-bond donors (Lipinski definition) is 3. The summed E-state index contributed by atoms with van der Waals surface area (Å²) in [6.07, 6.45) is 0.937. The fourth-order valence-corrected chi connectivity index (χ4v) is 2.31. The Morgan fingerprint density at radius 1 is 1.24 bits per heavy atom. The molecule has 0 radical (unpaired) electrons. The summed E-state index contributed by atoms with van der Waals surface area (Å²) in [7, 11) is -3.33. The third-order valence-electron chi connectivity index (χ3n) is 2.53. The molecule has 0 saturated heterocycles. The number of phenols is 1. The van der Waals surface area contributed by atoms with Gasteiger partial charge in [-0.3, -0.25) is 9.78 Å². The number of anilines is 1. The summed E-state index contributed by atoms with van der Waals surface area (Å²) >= 11 is 0. The van der Waals surface area contributed by atoms with Crippen LogP contribution in [0.3, 0.4) is 0 Å². The van der Waals surface area contributed by atoms with Crippen molar-refractivity contribution in [3.05, 3.63) is 51.3 Å². The highest BCUT2D eigenvalue weighted by atomic mass is 32.2. The van der Waals surface area contributed by atoms with Gasteiger partial charge in [-0.25, -0.2) is 9.10 Å². The largest absolute Gasteiger partial charge is 0.504 e. The number of aromatic nitrogens is 2. The smallest absolute Gasteiger partial charge is 0.410 e. The first kappa shape index (κ1) is 14.7. The molecule has 0 aliphatic heterocycles. The maximum Gasteiger partial charge on any atom is 0.410 e. The van der Waals surface area contributed by atoms with Gasteiger partial charge in [0.15, 0.2) is 11.5 Å². The average molecular weight is 313 g/mol. The predicted molar refractivity (Wildman–Crippen MR) is 73.7 cm³/mol. The summed E-state index contributed by atoms with van der Waals surface area (Å²) < 4.78 is 29.3. The van der Waals surface area contributed by atoms with Crippen LogP contribution < -0.4 is 19.7 Å². The van der Waals surface area contributed by atoms with E-state index in [1.165, 1.54) is 24.3 Å². The van der Waals surface area contributed by atoms with Gasteiger partial charge in [0.1, 0.15) is 5.69 Å².